The van der Waals surface area contributed by atoms with Gasteiger partial charge in [-0.2, -0.15) is 0 Å². The maximum Gasteiger partial charge on any atom is 0.0648 e. The Hall–Kier alpha value is -0.470. The lowest BCUT2D eigenvalue weighted by Crippen LogP contribution is -1.99. The summed E-state index contributed by atoms with van der Waals surface area (Å²) in [6.45, 7) is 4.96. The van der Waals surface area contributed by atoms with Crippen molar-refractivity contribution in [1.82, 2.24) is 0 Å². The van der Waals surface area contributed by atoms with Gasteiger partial charge in [0.05, 0.1) is 10.7 Å². The molecule has 1 N–H and O–H groups in total. The molecule has 1 nitrogen and oxygen atoms in total. The summed E-state index contributed by atoms with van der Waals surface area (Å²) >= 11 is 9.40. The Labute approximate surface area is 98.3 Å². The van der Waals surface area contributed by atoms with E-state index in [1.165, 1.54) is 5.57 Å². The fourth-order valence-corrected chi connectivity index (χ4v) is 1.74. The molecular formula is C11H13BrClN. The van der Waals surface area contributed by atoms with Crippen molar-refractivity contribution in [2.75, 3.05) is 11.9 Å². The SMILES string of the molecule is CC(C)=CCNc1ccc(Br)cc1Cl. The number of rotatable bonds is 3. The van der Waals surface area contributed by atoms with E-state index in [-0.39, 0.29) is 0 Å². The van der Waals surface area contributed by atoms with E-state index in [1.807, 2.05) is 18.2 Å². The molecule has 0 aromatic heterocycles. The predicted molar refractivity (Wildman–Crippen MR) is 67.1 cm³/mol. The van der Waals surface area contributed by atoms with Crippen LogP contribution >= 0.6 is 27.5 Å². The van der Waals surface area contributed by atoms with E-state index in [9.17, 15) is 0 Å². The molecule has 1 rings (SSSR count). The molecule has 14 heavy (non-hydrogen) atoms. The Balaban J connectivity index is 2.64. The number of anilines is 1. The van der Waals surface area contributed by atoms with Crippen LogP contribution in [0.4, 0.5) is 5.69 Å². The average Bonchev–Trinajstić information content (AvgIpc) is 2.08. The van der Waals surface area contributed by atoms with Gasteiger partial charge in [-0.15, -0.1) is 0 Å². The molecule has 0 atom stereocenters. The standard InChI is InChI=1S/C11H13BrClN/c1-8(2)5-6-14-11-4-3-9(12)7-10(11)13/h3-5,7,14H,6H2,1-2H3. The quantitative estimate of drug-likeness (QED) is 0.801. The molecule has 3 heteroatoms. The highest BCUT2D eigenvalue weighted by atomic mass is 79.9. The second kappa shape index (κ2) is 5.42. The van der Waals surface area contributed by atoms with Crippen LogP contribution in [0, 0.1) is 0 Å². The smallest absolute Gasteiger partial charge is 0.0648 e. The van der Waals surface area contributed by atoms with Crippen LogP contribution in [0.15, 0.2) is 34.3 Å². The third-order valence-electron chi connectivity index (χ3n) is 1.73. The van der Waals surface area contributed by atoms with Crippen LogP contribution in [-0.4, -0.2) is 6.54 Å². The van der Waals surface area contributed by atoms with E-state index < -0.39 is 0 Å². The van der Waals surface area contributed by atoms with Gasteiger partial charge < -0.3 is 5.32 Å². The average molecular weight is 275 g/mol. The Morgan fingerprint density at radius 2 is 2.21 bits per heavy atom. The molecule has 0 saturated heterocycles. The largest absolute Gasteiger partial charge is 0.380 e. The van der Waals surface area contributed by atoms with Crippen LogP contribution in [0.2, 0.25) is 5.02 Å². The van der Waals surface area contributed by atoms with Gasteiger partial charge in [-0.05, 0) is 32.0 Å². The molecular weight excluding hydrogens is 261 g/mol. The van der Waals surface area contributed by atoms with Gasteiger partial charge >= 0.3 is 0 Å². The molecule has 0 aliphatic heterocycles. The van der Waals surface area contributed by atoms with Crippen LogP contribution in [0.25, 0.3) is 0 Å². The molecule has 0 aliphatic rings. The van der Waals surface area contributed by atoms with Crippen molar-refractivity contribution in [2.45, 2.75) is 13.8 Å². The second-order valence-corrected chi connectivity index (χ2v) is 4.61. The minimum atomic E-state index is 0.738. The maximum absolute atomic E-state index is 6.03. The van der Waals surface area contributed by atoms with E-state index in [2.05, 4.69) is 41.2 Å². The third kappa shape index (κ3) is 3.72. The van der Waals surface area contributed by atoms with E-state index in [4.69, 9.17) is 11.6 Å². The molecule has 1 aromatic carbocycles. The molecule has 0 spiro atoms. The van der Waals surface area contributed by atoms with Crippen LogP contribution in [-0.2, 0) is 0 Å². The van der Waals surface area contributed by atoms with Crippen molar-refractivity contribution in [2.24, 2.45) is 0 Å². The van der Waals surface area contributed by atoms with Crippen LogP contribution in [0.1, 0.15) is 13.8 Å². The molecule has 0 heterocycles. The zero-order valence-corrected chi connectivity index (χ0v) is 10.6. The molecule has 76 valence electrons. The molecule has 0 fully saturated rings. The fraction of sp³-hybridized carbons (Fsp3) is 0.273. The number of hydrogen-bond acceptors (Lipinski definition) is 1. The number of benzene rings is 1. The van der Waals surface area contributed by atoms with Gasteiger partial charge in [-0.3, -0.25) is 0 Å². The predicted octanol–water partition coefficient (Wildman–Crippen LogP) is 4.48. The van der Waals surface area contributed by atoms with Crippen molar-refractivity contribution in [3.05, 3.63) is 39.3 Å². The lowest BCUT2D eigenvalue weighted by molar-refractivity contribution is 1.26. The van der Waals surface area contributed by atoms with Crippen molar-refractivity contribution in [1.29, 1.82) is 0 Å². The molecule has 0 saturated carbocycles. The first-order valence-electron chi connectivity index (χ1n) is 4.42. The second-order valence-electron chi connectivity index (χ2n) is 3.29. The van der Waals surface area contributed by atoms with E-state index >= 15 is 0 Å². The van der Waals surface area contributed by atoms with Gasteiger partial charge in [0, 0.05) is 11.0 Å². The minimum Gasteiger partial charge on any atom is -0.380 e. The van der Waals surface area contributed by atoms with Crippen LogP contribution < -0.4 is 5.32 Å². The Morgan fingerprint density at radius 1 is 1.50 bits per heavy atom. The van der Waals surface area contributed by atoms with E-state index in [1.54, 1.807) is 0 Å². The van der Waals surface area contributed by atoms with Crippen molar-refractivity contribution < 1.29 is 0 Å². The first kappa shape index (κ1) is 11.6. The minimum absolute atomic E-state index is 0.738. The van der Waals surface area contributed by atoms with Crippen molar-refractivity contribution in [3.8, 4) is 0 Å². The van der Waals surface area contributed by atoms with Crippen molar-refractivity contribution in [3.63, 3.8) is 0 Å². The number of allylic oxidation sites excluding steroid dienone is 1. The normalized spacial score (nSPS) is 9.71. The summed E-state index contributed by atoms with van der Waals surface area (Å²) in [7, 11) is 0. The van der Waals surface area contributed by atoms with Gasteiger partial charge in [0.15, 0.2) is 0 Å². The third-order valence-corrected chi connectivity index (χ3v) is 2.54. The summed E-state index contributed by atoms with van der Waals surface area (Å²) in [5, 5.41) is 3.98. The summed E-state index contributed by atoms with van der Waals surface area (Å²) in [6, 6.07) is 5.81. The number of hydrogen-bond donors (Lipinski definition) is 1. The summed E-state index contributed by atoms with van der Waals surface area (Å²) in [5.74, 6) is 0. The van der Waals surface area contributed by atoms with Gasteiger partial charge in [0.1, 0.15) is 0 Å². The summed E-state index contributed by atoms with van der Waals surface area (Å²) in [4.78, 5) is 0. The van der Waals surface area contributed by atoms with Gasteiger partial charge in [0.25, 0.3) is 0 Å². The molecule has 0 bridgehead atoms. The zero-order valence-electron chi connectivity index (χ0n) is 8.27. The number of nitrogens with one attached hydrogen (secondary N) is 1. The summed E-state index contributed by atoms with van der Waals surface area (Å²) < 4.78 is 0.996. The van der Waals surface area contributed by atoms with Gasteiger partial charge in [-0.1, -0.05) is 39.2 Å². The first-order valence-corrected chi connectivity index (χ1v) is 5.59. The highest BCUT2D eigenvalue weighted by Gasteiger charge is 1.98. The Kier molecular flexibility index (Phi) is 4.49. The first-order chi connectivity index (χ1) is 6.59. The monoisotopic (exact) mass is 273 g/mol. The van der Waals surface area contributed by atoms with Crippen LogP contribution in [0.3, 0.4) is 0 Å². The Bertz CT molecular complexity index is 343. The van der Waals surface area contributed by atoms with Gasteiger partial charge in [-0.25, -0.2) is 0 Å². The highest BCUT2D eigenvalue weighted by Crippen LogP contribution is 2.25. The van der Waals surface area contributed by atoms with Crippen molar-refractivity contribution >= 4 is 33.2 Å². The summed E-state index contributed by atoms with van der Waals surface area (Å²) in [6.07, 6.45) is 2.12. The van der Waals surface area contributed by atoms with Gasteiger partial charge in [0.2, 0.25) is 0 Å². The summed E-state index contributed by atoms with van der Waals surface area (Å²) in [5.41, 5.74) is 2.26. The number of halogens is 2. The lowest BCUT2D eigenvalue weighted by Gasteiger charge is -2.06. The highest BCUT2D eigenvalue weighted by molar-refractivity contribution is 9.10. The van der Waals surface area contributed by atoms with E-state index in [0.29, 0.717) is 0 Å². The zero-order chi connectivity index (χ0) is 10.6. The lowest BCUT2D eigenvalue weighted by atomic mass is 10.3. The van der Waals surface area contributed by atoms with Crippen LogP contribution in [0.5, 0.6) is 0 Å². The molecule has 0 amide bonds. The fourth-order valence-electron chi connectivity index (χ4n) is 0.998. The maximum atomic E-state index is 6.03. The molecule has 0 unspecified atom stereocenters. The Morgan fingerprint density at radius 3 is 2.79 bits per heavy atom. The molecule has 1 aromatic rings. The topological polar surface area (TPSA) is 12.0 Å². The van der Waals surface area contributed by atoms with E-state index in [0.717, 1.165) is 21.7 Å². The molecule has 0 radical (unpaired) electrons. The molecule has 0 aliphatic carbocycles.